The molecule has 3 rings (SSSR count). The summed E-state index contributed by atoms with van der Waals surface area (Å²) in [6.45, 7) is 2.77. The fourth-order valence-corrected chi connectivity index (χ4v) is 4.10. The number of hydrogen-bond acceptors (Lipinski definition) is 2. The van der Waals surface area contributed by atoms with Gasteiger partial charge < -0.3 is 11.1 Å². The van der Waals surface area contributed by atoms with E-state index in [4.69, 9.17) is 5.73 Å². The third-order valence-corrected chi connectivity index (χ3v) is 5.24. The zero-order valence-corrected chi connectivity index (χ0v) is 13.4. The number of halogens is 1. The molecule has 1 amide bonds. The van der Waals surface area contributed by atoms with Crippen molar-refractivity contribution in [2.24, 2.45) is 23.5 Å². The number of hydrogen-bond donors (Lipinski definition) is 2. The van der Waals surface area contributed by atoms with Gasteiger partial charge in [0.25, 0.3) is 0 Å². The average molecular weight is 309 g/mol. The van der Waals surface area contributed by atoms with Crippen LogP contribution < -0.4 is 11.1 Å². The van der Waals surface area contributed by atoms with Gasteiger partial charge in [0.1, 0.15) is 0 Å². The number of aryl methyl sites for hydroxylation is 1. The topological polar surface area (TPSA) is 55.1 Å². The Morgan fingerprint density at radius 1 is 1.24 bits per heavy atom. The van der Waals surface area contributed by atoms with Gasteiger partial charge in [-0.1, -0.05) is 31.2 Å². The van der Waals surface area contributed by atoms with Crippen LogP contribution >= 0.6 is 12.4 Å². The number of benzene rings is 1. The Kier molecular flexibility index (Phi) is 5.28. The van der Waals surface area contributed by atoms with Crippen LogP contribution in [0.4, 0.5) is 0 Å². The van der Waals surface area contributed by atoms with E-state index in [1.54, 1.807) is 0 Å². The SMILES string of the molecule is CCc1ccccc1CNC(=O)C1C2CCC(C2)C1N.Cl. The van der Waals surface area contributed by atoms with Gasteiger partial charge in [0.15, 0.2) is 0 Å². The molecular weight excluding hydrogens is 284 g/mol. The van der Waals surface area contributed by atoms with E-state index in [2.05, 4.69) is 30.4 Å². The van der Waals surface area contributed by atoms with E-state index in [9.17, 15) is 4.79 Å². The van der Waals surface area contributed by atoms with Crippen molar-refractivity contribution >= 4 is 18.3 Å². The van der Waals surface area contributed by atoms with Gasteiger partial charge >= 0.3 is 0 Å². The smallest absolute Gasteiger partial charge is 0.225 e. The number of carbonyl (C=O) groups is 1. The first-order valence-electron chi connectivity index (χ1n) is 7.80. The van der Waals surface area contributed by atoms with E-state index < -0.39 is 0 Å². The third kappa shape index (κ3) is 3.09. The van der Waals surface area contributed by atoms with E-state index in [1.807, 2.05) is 6.07 Å². The minimum absolute atomic E-state index is 0. The lowest BCUT2D eigenvalue weighted by atomic mass is 9.84. The summed E-state index contributed by atoms with van der Waals surface area (Å²) in [7, 11) is 0. The molecule has 21 heavy (non-hydrogen) atoms. The summed E-state index contributed by atoms with van der Waals surface area (Å²) < 4.78 is 0. The van der Waals surface area contributed by atoms with Crippen LogP contribution in [-0.2, 0) is 17.8 Å². The summed E-state index contributed by atoms with van der Waals surface area (Å²) >= 11 is 0. The van der Waals surface area contributed by atoms with Crippen LogP contribution in [0.5, 0.6) is 0 Å². The van der Waals surface area contributed by atoms with Crippen molar-refractivity contribution in [3.05, 3.63) is 35.4 Å². The summed E-state index contributed by atoms with van der Waals surface area (Å²) in [5, 5.41) is 3.11. The second-order valence-electron chi connectivity index (χ2n) is 6.28. The normalized spacial score (nSPS) is 30.0. The zero-order valence-electron chi connectivity index (χ0n) is 12.5. The summed E-state index contributed by atoms with van der Waals surface area (Å²) in [6.07, 6.45) is 4.56. The molecule has 2 aliphatic rings. The molecule has 2 bridgehead atoms. The molecule has 0 saturated heterocycles. The van der Waals surface area contributed by atoms with Gasteiger partial charge in [-0.25, -0.2) is 0 Å². The van der Waals surface area contributed by atoms with Crippen molar-refractivity contribution in [3.63, 3.8) is 0 Å². The summed E-state index contributed by atoms with van der Waals surface area (Å²) in [5.41, 5.74) is 8.76. The second kappa shape index (κ2) is 6.80. The Hall–Kier alpha value is -1.06. The maximum absolute atomic E-state index is 12.4. The maximum atomic E-state index is 12.4. The summed E-state index contributed by atoms with van der Waals surface area (Å²) in [6, 6.07) is 8.39. The van der Waals surface area contributed by atoms with Crippen molar-refractivity contribution in [1.82, 2.24) is 5.32 Å². The van der Waals surface area contributed by atoms with Crippen molar-refractivity contribution in [2.45, 2.75) is 45.2 Å². The van der Waals surface area contributed by atoms with E-state index >= 15 is 0 Å². The number of nitrogens with two attached hydrogens (primary N) is 1. The van der Waals surface area contributed by atoms with Gasteiger partial charge in [-0.15, -0.1) is 12.4 Å². The van der Waals surface area contributed by atoms with E-state index in [0.717, 1.165) is 12.8 Å². The van der Waals surface area contributed by atoms with E-state index in [-0.39, 0.29) is 30.3 Å². The zero-order chi connectivity index (χ0) is 14.1. The molecule has 0 heterocycles. The van der Waals surface area contributed by atoms with Crippen LogP contribution in [0.15, 0.2) is 24.3 Å². The predicted molar refractivity (Wildman–Crippen MR) is 87.2 cm³/mol. The second-order valence-corrected chi connectivity index (χ2v) is 6.28. The quantitative estimate of drug-likeness (QED) is 0.898. The van der Waals surface area contributed by atoms with Crippen LogP contribution in [0.25, 0.3) is 0 Å². The standard InChI is InChI=1S/C17H24N2O.ClH/c1-2-11-5-3-4-6-14(11)10-19-17(20)15-12-7-8-13(9-12)16(15)18;/h3-6,12-13,15-16H,2,7-10,18H2,1H3,(H,19,20);1H. The molecule has 1 aromatic rings. The lowest BCUT2D eigenvalue weighted by molar-refractivity contribution is -0.127. The van der Waals surface area contributed by atoms with Crippen LogP contribution in [0.2, 0.25) is 0 Å². The van der Waals surface area contributed by atoms with Crippen molar-refractivity contribution in [1.29, 1.82) is 0 Å². The first-order chi connectivity index (χ1) is 9.70. The largest absolute Gasteiger partial charge is 0.352 e. The fraction of sp³-hybridized carbons (Fsp3) is 0.588. The Balaban J connectivity index is 0.00000161. The minimum atomic E-state index is 0. The molecule has 0 aromatic heterocycles. The van der Waals surface area contributed by atoms with Crippen LogP contribution in [0.1, 0.15) is 37.3 Å². The van der Waals surface area contributed by atoms with E-state index in [0.29, 0.717) is 18.4 Å². The fourth-order valence-electron chi connectivity index (χ4n) is 4.10. The number of carbonyl (C=O) groups excluding carboxylic acids is 1. The van der Waals surface area contributed by atoms with Crippen LogP contribution in [0, 0.1) is 17.8 Å². The van der Waals surface area contributed by atoms with Crippen molar-refractivity contribution < 1.29 is 4.79 Å². The van der Waals surface area contributed by atoms with Crippen LogP contribution in [-0.4, -0.2) is 11.9 Å². The molecule has 0 spiro atoms. The van der Waals surface area contributed by atoms with Gasteiger partial charge in [0.2, 0.25) is 5.91 Å². The van der Waals surface area contributed by atoms with Gasteiger partial charge in [0, 0.05) is 12.6 Å². The number of fused-ring (bicyclic) bond motifs is 2. The number of amides is 1. The Morgan fingerprint density at radius 3 is 2.52 bits per heavy atom. The first kappa shape index (κ1) is 16.3. The van der Waals surface area contributed by atoms with Crippen molar-refractivity contribution in [2.75, 3.05) is 0 Å². The molecule has 0 aliphatic heterocycles. The molecular formula is C17H25ClN2O. The molecule has 3 nitrogen and oxygen atoms in total. The predicted octanol–water partition coefficient (Wildman–Crippen LogP) is 2.66. The highest BCUT2D eigenvalue weighted by atomic mass is 35.5. The average Bonchev–Trinajstić information content (AvgIpc) is 3.06. The summed E-state index contributed by atoms with van der Waals surface area (Å²) in [4.78, 5) is 12.4. The van der Waals surface area contributed by atoms with Gasteiger partial charge in [-0.3, -0.25) is 4.79 Å². The monoisotopic (exact) mass is 308 g/mol. The Labute approximate surface area is 133 Å². The molecule has 4 atom stereocenters. The molecule has 2 saturated carbocycles. The third-order valence-electron chi connectivity index (χ3n) is 5.24. The van der Waals surface area contributed by atoms with Crippen LogP contribution in [0.3, 0.4) is 0 Å². The molecule has 0 radical (unpaired) electrons. The highest BCUT2D eigenvalue weighted by Crippen LogP contribution is 2.47. The maximum Gasteiger partial charge on any atom is 0.225 e. The van der Waals surface area contributed by atoms with Gasteiger partial charge in [-0.05, 0) is 48.6 Å². The highest BCUT2D eigenvalue weighted by molar-refractivity contribution is 5.85. The number of nitrogens with one attached hydrogen (secondary N) is 1. The lowest BCUT2D eigenvalue weighted by Gasteiger charge is -2.27. The lowest BCUT2D eigenvalue weighted by Crippen LogP contribution is -2.45. The molecule has 4 heteroatoms. The molecule has 2 fully saturated rings. The Bertz CT molecular complexity index is 503. The van der Waals surface area contributed by atoms with Gasteiger partial charge in [0.05, 0.1) is 5.92 Å². The Morgan fingerprint density at radius 2 is 1.90 bits per heavy atom. The van der Waals surface area contributed by atoms with E-state index in [1.165, 1.54) is 24.0 Å². The van der Waals surface area contributed by atoms with Gasteiger partial charge in [-0.2, -0.15) is 0 Å². The summed E-state index contributed by atoms with van der Waals surface area (Å²) in [5.74, 6) is 1.31. The molecule has 1 aromatic carbocycles. The number of rotatable bonds is 4. The van der Waals surface area contributed by atoms with Crippen molar-refractivity contribution in [3.8, 4) is 0 Å². The highest BCUT2D eigenvalue weighted by Gasteiger charge is 2.48. The molecule has 2 aliphatic carbocycles. The molecule has 116 valence electrons. The molecule has 4 unspecified atom stereocenters. The molecule has 3 N–H and O–H groups in total. The first-order valence-corrected chi connectivity index (χ1v) is 7.80. The minimum Gasteiger partial charge on any atom is -0.352 e.